The van der Waals surface area contributed by atoms with E-state index in [1.165, 1.54) is 0 Å². The Kier molecular flexibility index (Phi) is 5.09. The Hall–Kier alpha value is -1.46. The number of methoxy groups -OCH3 is 3. The van der Waals surface area contributed by atoms with Gasteiger partial charge in [0.05, 0.1) is 21.3 Å². The average molecular weight is 281 g/mol. The van der Waals surface area contributed by atoms with Gasteiger partial charge < -0.3 is 24.7 Å². The second-order valence-electron chi connectivity index (χ2n) is 4.92. The minimum Gasteiger partial charge on any atom is -0.496 e. The molecule has 0 spiro atoms. The van der Waals surface area contributed by atoms with E-state index in [1.807, 2.05) is 12.1 Å². The van der Waals surface area contributed by atoms with Crippen LogP contribution in [0.4, 0.5) is 0 Å². The first-order valence-electron chi connectivity index (χ1n) is 6.84. The van der Waals surface area contributed by atoms with E-state index >= 15 is 0 Å². The molecule has 1 fully saturated rings. The third-order valence-corrected chi connectivity index (χ3v) is 3.87. The number of ether oxygens (including phenoxy) is 4. The molecular formula is C15H23NO4. The summed E-state index contributed by atoms with van der Waals surface area (Å²) in [6, 6.07) is 3.65. The summed E-state index contributed by atoms with van der Waals surface area (Å²) < 4.78 is 21.5. The molecule has 0 aromatic heterocycles. The smallest absolute Gasteiger partial charge is 0.164 e. The SMILES string of the molecule is COc1cc(OC)c([C@@H](N)C2CCOCC2)cc1OC. The fourth-order valence-electron chi connectivity index (χ4n) is 2.64. The Morgan fingerprint density at radius 2 is 1.55 bits per heavy atom. The summed E-state index contributed by atoms with van der Waals surface area (Å²) in [4.78, 5) is 0. The zero-order valence-electron chi connectivity index (χ0n) is 12.3. The van der Waals surface area contributed by atoms with Crippen molar-refractivity contribution in [2.75, 3.05) is 34.5 Å². The van der Waals surface area contributed by atoms with E-state index in [0.717, 1.165) is 37.4 Å². The minimum atomic E-state index is -0.0892. The molecule has 20 heavy (non-hydrogen) atoms. The van der Waals surface area contributed by atoms with E-state index in [-0.39, 0.29) is 6.04 Å². The predicted molar refractivity (Wildman–Crippen MR) is 76.6 cm³/mol. The lowest BCUT2D eigenvalue weighted by Gasteiger charge is -2.29. The first-order valence-corrected chi connectivity index (χ1v) is 6.84. The molecular weight excluding hydrogens is 258 g/mol. The summed E-state index contributed by atoms with van der Waals surface area (Å²) in [5.41, 5.74) is 7.38. The summed E-state index contributed by atoms with van der Waals surface area (Å²) >= 11 is 0. The molecule has 112 valence electrons. The van der Waals surface area contributed by atoms with Crippen molar-refractivity contribution in [3.05, 3.63) is 17.7 Å². The van der Waals surface area contributed by atoms with E-state index < -0.39 is 0 Å². The monoisotopic (exact) mass is 281 g/mol. The van der Waals surface area contributed by atoms with Gasteiger partial charge >= 0.3 is 0 Å². The molecule has 1 aromatic carbocycles. The molecule has 0 bridgehead atoms. The van der Waals surface area contributed by atoms with E-state index in [4.69, 9.17) is 24.7 Å². The number of hydrogen-bond donors (Lipinski definition) is 1. The maximum absolute atomic E-state index is 6.43. The van der Waals surface area contributed by atoms with Crippen LogP contribution in [-0.4, -0.2) is 34.5 Å². The van der Waals surface area contributed by atoms with Crippen molar-refractivity contribution in [1.82, 2.24) is 0 Å². The van der Waals surface area contributed by atoms with Crippen molar-refractivity contribution in [2.24, 2.45) is 11.7 Å². The van der Waals surface area contributed by atoms with Crippen molar-refractivity contribution in [1.29, 1.82) is 0 Å². The Labute approximate surface area is 120 Å². The lowest BCUT2D eigenvalue weighted by atomic mass is 9.87. The molecule has 0 saturated carbocycles. The van der Waals surface area contributed by atoms with Crippen molar-refractivity contribution in [3.63, 3.8) is 0 Å². The Bertz CT molecular complexity index is 444. The molecule has 1 aliphatic heterocycles. The molecule has 0 aliphatic carbocycles. The van der Waals surface area contributed by atoms with Gasteiger partial charge in [0.25, 0.3) is 0 Å². The van der Waals surface area contributed by atoms with Gasteiger partial charge in [0.2, 0.25) is 0 Å². The molecule has 2 N–H and O–H groups in total. The van der Waals surface area contributed by atoms with Crippen LogP contribution in [-0.2, 0) is 4.74 Å². The van der Waals surface area contributed by atoms with Gasteiger partial charge in [-0.1, -0.05) is 0 Å². The summed E-state index contributed by atoms with van der Waals surface area (Å²) in [5.74, 6) is 2.45. The fourth-order valence-corrected chi connectivity index (χ4v) is 2.64. The van der Waals surface area contributed by atoms with Gasteiger partial charge in [0, 0.05) is 30.9 Å². The molecule has 1 atom stereocenters. The lowest BCUT2D eigenvalue weighted by molar-refractivity contribution is 0.0581. The Balaban J connectivity index is 2.32. The molecule has 0 radical (unpaired) electrons. The van der Waals surface area contributed by atoms with Crippen LogP contribution in [0.2, 0.25) is 0 Å². The molecule has 0 unspecified atom stereocenters. The van der Waals surface area contributed by atoms with Gasteiger partial charge in [-0.25, -0.2) is 0 Å². The summed E-state index contributed by atoms with van der Waals surface area (Å²) in [5, 5.41) is 0. The number of nitrogens with two attached hydrogens (primary N) is 1. The third kappa shape index (κ3) is 2.99. The van der Waals surface area contributed by atoms with Crippen molar-refractivity contribution in [3.8, 4) is 17.2 Å². The van der Waals surface area contributed by atoms with Crippen molar-refractivity contribution in [2.45, 2.75) is 18.9 Å². The van der Waals surface area contributed by atoms with Gasteiger partial charge in [-0.2, -0.15) is 0 Å². The average Bonchev–Trinajstić information content (AvgIpc) is 2.53. The molecule has 2 rings (SSSR count). The topological polar surface area (TPSA) is 62.9 Å². The van der Waals surface area contributed by atoms with Gasteiger partial charge in [0.15, 0.2) is 11.5 Å². The maximum atomic E-state index is 6.43. The first kappa shape index (κ1) is 14.9. The third-order valence-electron chi connectivity index (χ3n) is 3.87. The highest BCUT2D eigenvalue weighted by atomic mass is 16.5. The van der Waals surface area contributed by atoms with Crippen LogP contribution < -0.4 is 19.9 Å². The second kappa shape index (κ2) is 6.81. The molecule has 1 aromatic rings. The van der Waals surface area contributed by atoms with E-state index in [9.17, 15) is 0 Å². The highest BCUT2D eigenvalue weighted by molar-refractivity contribution is 5.51. The van der Waals surface area contributed by atoms with Gasteiger partial charge in [-0.15, -0.1) is 0 Å². The number of hydrogen-bond acceptors (Lipinski definition) is 5. The molecule has 5 nitrogen and oxygen atoms in total. The predicted octanol–water partition coefficient (Wildman–Crippen LogP) is 2.14. The normalized spacial score (nSPS) is 17.6. The first-order chi connectivity index (χ1) is 9.71. The van der Waals surface area contributed by atoms with Gasteiger partial charge in [0.1, 0.15) is 5.75 Å². The Morgan fingerprint density at radius 1 is 1.00 bits per heavy atom. The van der Waals surface area contributed by atoms with Crippen LogP contribution >= 0.6 is 0 Å². The zero-order chi connectivity index (χ0) is 14.5. The van der Waals surface area contributed by atoms with Gasteiger partial charge in [-0.05, 0) is 24.8 Å². The van der Waals surface area contributed by atoms with Crippen molar-refractivity contribution < 1.29 is 18.9 Å². The van der Waals surface area contributed by atoms with E-state index in [0.29, 0.717) is 17.4 Å². The lowest BCUT2D eigenvalue weighted by Crippen LogP contribution is -2.27. The van der Waals surface area contributed by atoms with Crippen LogP contribution in [0.1, 0.15) is 24.4 Å². The van der Waals surface area contributed by atoms with Crippen LogP contribution in [0.15, 0.2) is 12.1 Å². The standard InChI is InChI=1S/C15H23NO4/c1-17-12-9-14(19-3)13(18-2)8-11(12)15(16)10-4-6-20-7-5-10/h8-10,15H,4-7,16H2,1-3H3/t15-/m0/s1. The molecule has 1 heterocycles. The van der Waals surface area contributed by atoms with Crippen LogP contribution in [0.5, 0.6) is 17.2 Å². The Morgan fingerprint density at radius 3 is 2.10 bits per heavy atom. The van der Waals surface area contributed by atoms with E-state index in [1.54, 1.807) is 21.3 Å². The van der Waals surface area contributed by atoms with E-state index in [2.05, 4.69) is 0 Å². The summed E-state index contributed by atoms with van der Waals surface area (Å²) in [6.45, 7) is 1.54. The minimum absolute atomic E-state index is 0.0892. The quantitative estimate of drug-likeness (QED) is 0.896. The van der Waals surface area contributed by atoms with Crippen LogP contribution in [0.25, 0.3) is 0 Å². The highest BCUT2D eigenvalue weighted by Gasteiger charge is 2.26. The van der Waals surface area contributed by atoms with Crippen molar-refractivity contribution >= 4 is 0 Å². The summed E-state index contributed by atoms with van der Waals surface area (Å²) in [7, 11) is 4.87. The number of rotatable bonds is 5. The van der Waals surface area contributed by atoms with Crippen LogP contribution in [0.3, 0.4) is 0 Å². The molecule has 5 heteroatoms. The van der Waals surface area contributed by atoms with Gasteiger partial charge in [-0.3, -0.25) is 0 Å². The molecule has 0 amide bonds. The second-order valence-corrected chi connectivity index (χ2v) is 4.92. The van der Waals surface area contributed by atoms with Crippen LogP contribution in [0, 0.1) is 5.92 Å². The summed E-state index contributed by atoms with van der Waals surface area (Å²) in [6.07, 6.45) is 1.94. The fraction of sp³-hybridized carbons (Fsp3) is 0.600. The molecule has 1 aliphatic rings. The zero-order valence-corrected chi connectivity index (χ0v) is 12.3. The molecule has 1 saturated heterocycles. The maximum Gasteiger partial charge on any atom is 0.164 e. The largest absolute Gasteiger partial charge is 0.496 e. The highest BCUT2D eigenvalue weighted by Crippen LogP contribution is 2.40. The number of benzene rings is 1.